The summed E-state index contributed by atoms with van der Waals surface area (Å²) >= 11 is 0. The Bertz CT molecular complexity index is 570. The minimum Gasteiger partial charge on any atom is -0.497 e. The smallest absolute Gasteiger partial charge is 0.119 e. The van der Waals surface area contributed by atoms with E-state index in [9.17, 15) is 0 Å². The van der Waals surface area contributed by atoms with Crippen LogP contribution in [0.4, 0.5) is 0 Å². The van der Waals surface area contributed by atoms with Gasteiger partial charge in [0.1, 0.15) is 18.1 Å². The molecule has 0 saturated heterocycles. The Morgan fingerprint density at radius 2 is 1.79 bits per heavy atom. The highest BCUT2D eigenvalue weighted by atomic mass is 16.5. The second-order valence-corrected chi connectivity index (χ2v) is 4.12. The standard InChI is InChI=1S/C16H15NO2/c1-18-16-4-2-3-14(11-16)12-19-15-7-5-13(6-8-15)9-10-17/h2-8,11H,9,12H2,1H3. The first-order valence-corrected chi connectivity index (χ1v) is 6.03. The number of ether oxygens (including phenoxy) is 2. The number of rotatable bonds is 5. The van der Waals surface area contributed by atoms with Crippen LogP contribution in [0.2, 0.25) is 0 Å². The minimum atomic E-state index is 0.427. The molecule has 2 rings (SSSR count). The van der Waals surface area contributed by atoms with E-state index in [1.807, 2.05) is 48.5 Å². The molecule has 0 N–H and O–H groups in total. The van der Waals surface area contributed by atoms with Crippen molar-refractivity contribution in [1.29, 1.82) is 5.26 Å². The van der Waals surface area contributed by atoms with Gasteiger partial charge >= 0.3 is 0 Å². The predicted octanol–water partition coefficient (Wildman–Crippen LogP) is 3.34. The van der Waals surface area contributed by atoms with Gasteiger partial charge < -0.3 is 9.47 Å². The van der Waals surface area contributed by atoms with Crippen LogP contribution >= 0.6 is 0 Å². The van der Waals surface area contributed by atoms with E-state index in [-0.39, 0.29) is 0 Å². The number of hydrogen-bond acceptors (Lipinski definition) is 3. The Kier molecular flexibility index (Phi) is 4.41. The zero-order chi connectivity index (χ0) is 13.5. The van der Waals surface area contributed by atoms with Crippen molar-refractivity contribution in [3.63, 3.8) is 0 Å². The number of methoxy groups -OCH3 is 1. The molecule has 0 radical (unpaired) electrons. The van der Waals surface area contributed by atoms with Gasteiger partial charge in [0.25, 0.3) is 0 Å². The molecule has 2 aromatic rings. The molecule has 0 bridgehead atoms. The first kappa shape index (κ1) is 13.0. The third-order valence-corrected chi connectivity index (χ3v) is 2.75. The number of benzene rings is 2. The molecule has 0 atom stereocenters. The van der Waals surface area contributed by atoms with Gasteiger partial charge in [0, 0.05) is 0 Å². The van der Waals surface area contributed by atoms with Crippen LogP contribution in [0.5, 0.6) is 11.5 Å². The van der Waals surface area contributed by atoms with E-state index in [1.54, 1.807) is 7.11 Å². The fourth-order valence-corrected chi connectivity index (χ4v) is 1.72. The van der Waals surface area contributed by atoms with Gasteiger partial charge in [-0.25, -0.2) is 0 Å². The summed E-state index contributed by atoms with van der Waals surface area (Å²) in [6.45, 7) is 0.495. The second-order valence-electron chi connectivity index (χ2n) is 4.12. The van der Waals surface area contributed by atoms with Crippen molar-refractivity contribution in [2.75, 3.05) is 7.11 Å². The fourth-order valence-electron chi connectivity index (χ4n) is 1.72. The maximum absolute atomic E-state index is 8.60. The Morgan fingerprint density at radius 1 is 1.00 bits per heavy atom. The fraction of sp³-hybridized carbons (Fsp3) is 0.188. The molecular formula is C16H15NO2. The van der Waals surface area contributed by atoms with Crippen LogP contribution in [0.1, 0.15) is 11.1 Å². The van der Waals surface area contributed by atoms with Gasteiger partial charge in [0.2, 0.25) is 0 Å². The zero-order valence-corrected chi connectivity index (χ0v) is 10.8. The molecule has 0 fully saturated rings. The van der Waals surface area contributed by atoms with Crippen LogP contribution in [-0.2, 0) is 13.0 Å². The molecule has 19 heavy (non-hydrogen) atoms. The van der Waals surface area contributed by atoms with Crippen molar-refractivity contribution in [3.05, 3.63) is 59.7 Å². The van der Waals surface area contributed by atoms with Crippen molar-refractivity contribution >= 4 is 0 Å². The lowest BCUT2D eigenvalue weighted by atomic mass is 10.1. The Balaban J connectivity index is 1.96. The highest BCUT2D eigenvalue weighted by Crippen LogP contribution is 2.17. The highest BCUT2D eigenvalue weighted by molar-refractivity contribution is 5.30. The molecule has 2 aromatic carbocycles. The highest BCUT2D eigenvalue weighted by Gasteiger charge is 1.99. The van der Waals surface area contributed by atoms with Crippen molar-refractivity contribution in [2.24, 2.45) is 0 Å². The van der Waals surface area contributed by atoms with Crippen LogP contribution in [0.25, 0.3) is 0 Å². The van der Waals surface area contributed by atoms with E-state index in [0.717, 1.165) is 22.6 Å². The van der Waals surface area contributed by atoms with Crippen LogP contribution in [0.15, 0.2) is 48.5 Å². The number of nitriles is 1. The normalized spacial score (nSPS) is 9.68. The quantitative estimate of drug-likeness (QED) is 0.820. The Labute approximate surface area is 113 Å². The van der Waals surface area contributed by atoms with Gasteiger partial charge in [-0.3, -0.25) is 0 Å². The molecule has 0 aliphatic heterocycles. The Hall–Kier alpha value is -2.47. The van der Waals surface area contributed by atoms with E-state index in [2.05, 4.69) is 6.07 Å². The van der Waals surface area contributed by atoms with Crippen molar-refractivity contribution < 1.29 is 9.47 Å². The lowest BCUT2D eigenvalue weighted by Gasteiger charge is -2.08. The summed E-state index contributed by atoms with van der Waals surface area (Å²) in [6, 6.07) is 17.5. The summed E-state index contributed by atoms with van der Waals surface area (Å²) < 4.78 is 10.8. The van der Waals surface area contributed by atoms with Crippen LogP contribution in [-0.4, -0.2) is 7.11 Å². The molecule has 0 amide bonds. The van der Waals surface area contributed by atoms with Gasteiger partial charge in [-0.1, -0.05) is 24.3 Å². The van der Waals surface area contributed by atoms with E-state index >= 15 is 0 Å². The SMILES string of the molecule is COc1cccc(COc2ccc(CC#N)cc2)c1. The summed E-state index contributed by atoms with van der Waals surface area (Å²) in [5, 5.41) is 8.60. The monoisotopic (exact) mass is 253 g/mol. The van der Waals surface area contributed by atoms with Crippen LogP contribution in [0, 0.1) is 11.3 Å². The van der Waals surface area contributed by atoms with Gasteiger partial charge in [-0.2, -0.15) is 5.26 Å². The third-order valence-electron chi connectivity index (χ3n) is 2.75. The number of nitrogens with zero attached hydrogens (tertiary/aromatic N) is 1. The molecule has 0 aliphatic rings. The number of hydrogen-bond donors (Lipinski definition) is 0. The average Bonchev–Trinajstić information content (AvgIpc) is 2.47. The van der Waals surface area contributed by atoms with Crippen LogP contribution in [0.3, 0.4) is 0 Å². The third kappa shape index (κ3) is 3.75. The first-order valence-electron chi connectivity index (χ1n) is 6.03. The minimum absolute atomic E-state index is 0.427. The molecule has 0 saturated carbocycles. The molecule has 0 unspecified atom stereocenters. The van der Waals surface area contributed by atoms with Gasteiger partial charge in [0.15, 0.2) is 0 Å². The second kappa shape index (κ2) is 6.46. The van der Waals surface area contributed by atoms with Gasteiger partial charge in [-0.05, 0) is 35.4 Å². The summed E-state index contributed by atoms with van der Waals surface area (Å²) in [4.78, 5) is 0. The average molecular weight is 253 g/mol. The van der Waals surface area contributed by atoms with Crippen molar-refractivity contribution in [2.45, 2.75) is 13.0 Å². The molecule has 0 aliphatic carbocycles. The van der Waals surface area contributed by atoms with Crippen LogP contribution < -0.4 is 9.47 Å². The molecule has 0 heterocycles. The summed E-state index contributed by atoms with van der Waals surface area (Å²) in [7, 11) is 1.65. The molecule has 3 heteroatoms. The maximum atomic E-state index is 8.60. The summed E-state index contributed by atoms with van der Waals surface area (Å²) in [5.41, 5.74) is 2.05. The molecule has 3 nitrogen and oxygen atoms in total. The summed E-state index contributed by atoms with van der Waals surface area (Å²) in [6.07, 6.45) is 0.427. The van der Waals surface area contributed by atoms with Gasteiger partial charge in [-0.15, -0.1) is 0 Å². The predicted molar refractivity (Wildman–Crippen MR) is 73.1 cm³/mol. The van der Waals surface area contributed by atoms with E-state index in [4.69, 9.17) is 14.7 Å². The lowest BCUT2D eigenvalue weighted by molar-refractivity contribution is 0.305. The Morgan fingerprint density at radius 3 is 2.47 bits per heavy atom. The largest absolute Gasteiger partial charge is 0.497 e. The molecule has 96 valence electrons. The van der Waals surface area contributed by atoms with E-state index in [0.29, 0.717) is 13.0 Å². The van der Waals surface area contributed by atoms with Gasteiger partial charge in [0.05, 0.1) is 19.6 Å². The lowest BCUT2D eigenvalue weighted by Crippen LogP contribution is -1.96. The summed E-state index contributed by atoms with van der Waals surface area (Å²) in [5.74, 6) is 1.62. The first-order chi connectivity index (χ1) is 9.31. The topological polar surface area (TPSA) is 42.2 Å². The maximum Gasteiger partial charge on any atom is 0.119 e. The molecule has 0 aromatic heterocycles. The van der Waals surface area contributed by atoms with Crippen molar-refractivity contribution in [3.8, 4) is 17.6 Å². The molecule has 0 spiro atoms. The zero-order valence-electron chi connectivity index (χ0n) is 10.8. The van der Waals surface area contributed by atoms with Crippen molar-refractivity contribution in [1.82, 2.24) is 0 Å². The molecular weight excluding hydrogens is 238 g/mol. The van der Waals surface area contributed by atoms with E-state index < -0.39 is 0 Å². The van der Waals surface area contributed by atoms with E-state index in [1.165, 1.54) is 0 Å².